The molecule has 1 fully saturated rings. The van der Waals surface area contributed by atoms with Crippen LogP contribution in [0.3, 0.4) is 0 Å². The fourth-order valence-electron chi connectivity index (χ4n) is 4.17. The van der Waals surface area contributed by atoms with Crippen molar-refractivity contribution < 1.29 is 13.7 Å². The van der Waals surface area contributed by atoms with Crippen molar-refractivity contribution in [2.24, 2.45) is 0 Å². The van der Waals surface area contributed by atoms with Gasteiger partial charge < -0.3 is 19.2 Å². The van der Waals surface area contributed by atoms with E-state index in [2.05, 4.69) is 28.9 Å². The summed E-state index contributed by atoms with van der Waals surface area (Å²) in [6.07, 6.45) is 1.20. The van der Waals surface area contributed by atoms with E-state index in [0.29, 0.717) is 31.1 Å². The van der Waals surface area contributed by atoms with Gasteiger partial charge in [-0.1, -0.05) is 42.4 Å². The smallest absolute Gasteiger partial charge is 0.232 e. The summed E-state index contributed by atoms with van der Waals surface area (Å²) >= 11 is 0. The van der Waals surface area contributed by atoms with Crippen molar-refractivity contribution in [3.05, 3.63) is 71.5 Å². The van der Waals surface area contributed by atoms with E-state index in [-0.39, 0.29) is 11.7 Å². The number of benzene rings is 2. The number of carbonyl (C=O) groups is 1. The van der Waals surface area contributed by atoms with Gasteiger partial charge >= 0.3 is 0 Å². The first kappa shape index (κ1) is 23.0. The van der Waals surface area contributed by atoms with E-state index in [0.717, 1.165) is 49.3 Å². The molecule has 1 aromatic heterocycles. The molecule has 3 aromatic rings. The predicted molar refractivity (Wildman–Crippen MR) is 127 cm³/mol. The van der Waals surface area contributed by atoms with Gasteiger partial charge in [0.15, 0.2) is 0 Å². The van der Waals surface area contributed by atoms with Crippen LogP contribution in [0.2, 0.25) is 0 Å². The molecule has 2 aromatic carbocycles. The molecule has 0 bridgehead atoms. The molecule has 0 unspecified atom stereocenters. The molecule has 0 atom stereocenters. The van der Waals surface area contributed by atoms with Gasteiger partial charge in [-0.05, 0) is 43.3 Å². The number of nitrogens with zero attached hydrogens (tertiary/aromatic N) is 4. The lowest BCUT2D eigenvalue weighted by Gasteiger charge is -2.33. The highest BCUT2D eigenvalue weighted by atomic mass is 19.1. The molecule has 0 aliphatic carbocycles. The maximum atomic E-state index is 13.5. The third kappa shape index (κ3) is 5.60. The number of rotatable bonds is 8. The lowest BCUT2D eigenvalue weighted by Crippen LogP contribution is -2.45. The molecule has 1 amide bonds. The van der Waals surface area contributed by atoms with E-state index in [1.807, 2.05) is 35.2 Å². The second kappa shape index (κ2) is 10.6. The van der Waals surface area contributed by atoms with E-state index in [1.165, 1.54) is 12.1 Å². The fourth-order valence-corrected chi connectivity index (χ4v) is 4.17. The van der Waals surface area contributed by atoms with Crippen LogP contribution in [0.1, 0.15) is 24.5 Å². The minimum absolute atomic E-state index is 0.0682. The largest absolute Gasteiger partial charge is 0.338 e. The highest BCUT2D eigenvalue weighted by Gasteiger charge is 2.27. The molecule has 7 heteroatoms. The van der Waals surface area contributed by atoms with Crippen molar-refractivity contribution in [1.29, 1.82) is 0 Å². The summed E-state index contributed by atoms with van der Waals surface area (Å²) in [5, 5.41) is 4.38. The number of aromatic nitrogens is 1. The Morgan fingerprint density at radius 2 is 1.76 bits per heavy atom. The molecule has 0 N–H and O–H groups in total. The SMILES string of the molecule is CCCN(Cc1c(-c2ccc(F)cc2)noc1N1CCN(C)CC1)C(=O)Cc1ccccc1. The van der Waals surface area contributed by atoms with Gasteiger partial charge in [-0.2, -0.15) is 0 Å². The van der Waals surface area contributed by atoms with Crippen LogP contribution in [0.25, 0.3) is 11.3 Å². The first-order chi connectivity index (χ1) is 16.0. The van der Waals surface area contributed by atoms with Crippen LogP contribution in [0, 0.1) is 5.82 Å². The van der Waals surface area contributed by atoms with Crippen LogP contribution in [-0.2, 0) is 17.8 Å². The summed E-state index contributed by atoms with van der Waals surface area (Å²) in [5.41, 5.74) is 3.31. The van der Waals surface area contributed by atoms with Gasteiger partial charge in [0.05, 0.1) is 18.5 Å². The third-order valence-corrected chi connectivity index (χ3v) is 6.07. The summed E-state index contributed by atoms with van der Waals surface area (Å²) in [6.45, 7) is 6.62. The molecular weight excluding hydrogens is 419 g/mol. The molecule has 0 saturated carbocycles. The van der Waals surface area contributed by atoms with Gasteiger partial charge in [-0.3, -0.25) is 4.79 Å². The number of hydrogen-bond acceptors (Lipinski definition) is 5. The zero-order valence-electron chi connectivity index (χ0n) is 19.3. The van der Waals surface area contributed by atoms with Gasteiger partial charge in [-0.15, -0.1) is 0 Å². The summed E-state index contributed by atoms with van der Waals surface area (Å²) in [4.78, 5) is 19.6. The molecule has 2 heterocycles. The standard InChI is InChI=1S/C26H31FN4O2/c1-3-13-31(24(32)18-20-7-5-4-6-8-20)19-23-25(21-9-11-22(27)12-10-21)28-33-26(23)30-16-14-29(2)15-17-30/h4-12H,3,13-19H2,1-2H3. The average Bonchev–Trinajstić information content (AvgIpc) is 3.24. The van der Waals surface area contributed by atoms with Crippen molar-refractivity contribution >= 4 is 11.8 Å². The monoisotopic (exact) mass is 450 g/mol. The summed E-state index contributed by atoms with van der Waals surface area (Å²) in [5.74, 6) is 0.475. The van der Waals surface area contributed by atoms with Gasteiger partial charge in [0, 0.05) is 38.3 Å². The van der Waals surface area contributed by atoms with E-state index < -0.39 is 0 Å². The quantitative estimate of drug-likeness (QED) is 0.515. The number of piperazine rings is 1. The van der Waals surface area contributed by atoms with Crippen molar-refractivity contribution in [2.75, 3.05) is 44.7 Å². The van der Waals surface area contributed by atoms with Crippen molar-refractivity contribution in [3.63, 3.8) is 0 Å². The molecule has 1 aliphatic rings. The Hall–Kier alpha value is -3.19. The zero-order valence-corrected chi connectivity index (χ0v) is 19.3. The van der Waals surface area contributed by atoms with Crippen molar-refractivity contribution in [2.45, 2.75) is 26.3 Å². The van der Waals surface area contributed by atoms with Crippen LogP contribution < -0.4 is 4.90 Å². The second-order valence-corrected chi connectivity index (χ2v) is 8.59. The average molecular weight is 451 g/mol. The van der Waals surface area contributed by atoms with Crippen LogP contribution in [-0.4, -0.2) is 60.6 Å². The van der Waals surface area contributed by atoms with E-state index in [9.17, 15) is 9.18 Å². The Bertz CT molecular complexity index is 1040. The highest BCUT2D eigenvalue weighted by molar-refractivity contribution is 5.79. The molecule has 1 aliphatic heterocycles. The fraction of sp³-hybridized carbons (Fsp3) is 0.385. The second-order valence-electron chi connectivity index (χ2n) is 8.59. The Balaban J connectivity index is 1.65. The molecule has 6 nitrogen and oxygen atoms in total. The topological polar surface area (TPSA) is 52.8 Å². The van der Waals surface area contributed by atoms with Crippen LogP contribution in [0.4, 0.5) is 10.3 Å². The predicted octanol–water partition coefficient (Wildman–Crippen LogP) is 4.21. The Kier molecular flexibility index (Phi) is 7.40. The Morgan fingerprint density at radius 1 is 1.06 bits per heavy atom. The Morgan fingerprint density at radius 3 is 2.42 bits per heavy atom. The van der Waals surface area contributed by atoms with E-state index in [4.69, 9.17) is 4.52 Å². The maximum Gasteiger partial charge on any atom is 0.232 e. The van der Waals surface area contributed by atoms with Crippen LogP contribution in [0.15, 0.2) is 59.1 Å². The lowest BCUT2D eigenvalue weighted by molar-refractivity contribution is -0.131. The van der Waals surface area contributed by atoms with E-state index >= 15 is 0 Å². The number of likely N-dealkylation sites (N-methyl/N-ethyl adjacent to an activating group) is 1. The first-order valence-corrected chi connectivity index (χ1v) is 11.5. The summed E-state index contributed by atoms with van der Waals surface area (Å²) in [6, 6.07) is 16.1. The normalized spacial score (nSPS) is 14.5. The maximum absolute atomic E-state index is 13.5. The zero-order chi connectivity index (χ0) is 23.2. The Labute approximate surface area is 194 Å². The minimum Gasteiger partial charge on any atom is -0.338 e. The number of anilines is 1. The van der Waals surface area contributed by atoms with Crippen LogP contribution in [0.5, 0.6) is 0 Å². The van der Waals surface area contributed by atoms with Crippen molar-refractivity contribution in [3.8, 4) is 11.3 Å². The highest BCUT2D eigenvalue weighted by Crippen LogP contribution is 2.33. The molecule has 4 rings (SSSR count). The van der Waals surface area contributed by atoms with Gasteiger partial charge in [0.25, 0.3) is 0 Å². The number of halogens is 1. The first-order valence-electron chi connectivity index (χ1n) is 11.5. The third-order valence-electron chi connectivity index (χ3n) is 6.07. The van der Waals surface area contributed by atoms with Crippen LogP contribution >= 0.6 is 0 Å². The molecule has 174 valence electrons. The molecule has 33 heavy (non-hydrogen) atoms. The molecular formula is C26H31FN4O2. The molecule has 0 spiro atoms. The number of amides is 1. The number of carbonyl (C=O) groups excluding carboxylic acids is 1. The van der Waals surface area contributed by atoms with Gasteiger partial charge in [0.2, 0.25) is 11.8 Å². The molecule has 0 radical (unpaired) electrons. The summed E-state index contributed by atoms with van der Waals surface area (Å²) in [7, 11) is 2.10. The summed E-state index contributed by atoms with van der Waals surface area (Å²) < 4.78 is 19.4. The van der Waals surface area contributed by atoms with Gasteiger partial charge in [0.1, 0.15) is 11.5 Å². The van der Waals surface area contributed by atoms with Gasteiger partial charge in [-0.25, -0.2) is 4.39 Å². The number of hydrogen-bond donors (Lipinski definition) is 0. The minimum atomic E-state index is -0.297. The van der Waals surface area contributed by atoms with E-state index in [1.54, 1.807) is 12.1 Å². The van der Waals surface area contributed by atoms with Crippen molar-refractivity contribution in [1.82, 2.24) is 15.0 Å². The lowest BCUT2D eigenvalue weighted by atomic mass is 10.1. The molecule has 1 saturated heterocycles.